The van der Waals surface area contributed by atoms with E-state index in [1.54, 1.807) is 0 Å². The summed E-state index contributed by atoms with van der Waals surface area (Å²) in [6.45, 7) is 0. The normalized spacial score (nSPS) is 40.2. The third kappa shape index (κ3) is 1.10. The predicted octanol–water partition coefficient (Wildman–Crippen LogP) is 1.52. The van der Waals surface area contributed by atoms with E-state index < -0.39 is 11.9 Å². The smallest absolute Gasteiger partial charge is 0.331 e. The van der Waals surface area contributed by atoms with Crippen molar-refractivity contribution >= 4 is 11.9 Å². The minimum Gasteiger partial charge on any atom is -0.481 e. The third-order valence-electron chi connectivity index (χ3n) is 4.63. The van der Waals surface area contributed by atoms with Crippen LogP contribution in [0.4, 0.5) is 0 Å². The van der Waals surface area contributed by atoms with Gasteiger partial charge in [0.05, 0.1) is 5.92 Å². The van der Waals surface area contributed by atoms with Crippen LogP contribution in [0.5, 0.6) is 0 Å². The lowest BCUT2D eigenvalue weighted by molar-refractivity contribution is -0.143. The maximum Gasteiger partial charge on any atom is 0.331 e. The number of fused-ring (bicyclic) bond motifs is 5. The number of allylic oxidation sites excluding steroid dienone is 1. The molecule has 2 bridgehead atoms. The molecular weight excluding hydrogens is 208 g/mol. The van der Waals surface area contributed by atoms with Crippen molar-refractivity contribution in [1.29, 1.82) is 0 Å². The van der Waals surface area contributed by atoms with Gasteiger partial charge in [0.1, 0.15) is 0 Å². The fourth-order valence-electron chi connectivity index (χ4n) is 4.07. The quantitative estimate of drug-likeness (QED) is 0.742. The topological polar surface area (TPSA) is 74.6 Å². The van der Waals surface area contributed by atoms with E-state index in [9.17, 15) is 9.59 Å². The van der Waals surface area contributed by atoms with Crippen LogP contribution in [0.15, 0.2) is 11.1 Å². The first-order chi connectivity index (χ1) is 7.59. The number of carboxylic acids is 2. The van der Waals surface area contributed by atoms with E-state index in [0.29, 0.717) is 23.8 Å². The molecule has 2 N–H and O–H groups in total. The maximum atomic E-state index is 11.1. The molecule has 0 aliphatic heterocycles. The van der Waals surface area contributed by atoms with Gasteiger partial charge in [0.25, 0.3) is 0 Å². The van der Waals surface area contributed by atoms with Crippen LogP contribution in [0.2, 0.25) is 0 Å². The number of hydrogen-bond donors (Lipinski definition) is 2. The summed E-state index contributed by atoms with van der Waals surface area (Å²) in [6, 6.07) is 0. The Labute approximate surface area is 93.0 Å². The van der Waals surface area contributed by atoms with Gasteiger partial charge in [0, 0.05) is 5.57 Å². The monoisotopic (exact) mass is 222 g/mol. The first-order valence-corrected chi connectivity index (χ1v) is 5.77. The molecule has 0 saturated heterocycles. The summed E-state index contributed by atoms with van der Waals surface area (Å²) in [7, 11) is 0. The summed E-state index contributed by atoms with van der Waals surface area (Å²) in [6.07, 6.45) is 3.18. The van der Waals surface area contributed by atoms with Crippen LogP contribution in [0.3, 0.4) is 0 Å². The predicted molar refractivity (Wildman–Crippen MR) is 54.7 cm³/mol. The molecular formula is C12H14O4. The maximum absolute atomic E-state index is 11.1. The molecule has 3 rings (SSSR count). The first-order valence-electron chi connectivity index (χ1n) is 5.77. The van der Waals surface area contributed by atoms with Crippen molar-refractivity contribution in [2.75, 3.05) is 0 Å². The number of aliphatic carboxylic acids is 2. The van der Waals surface area contributed by atoms with Gasteiger partial charge >= 0.3 is 11.9 Å². The Morgan fingerprint density at radius 3 is 2.50 bits per heavy atom. The number of hydrogen-bond acceptors (Lipinski definition) is 2. The fraction of sp³-hybridized carbons (Fsp3) is 0.667. The molecule has 0 aromatic rings. The highest BCUT2D eigenvalue weighted by atomic mass is 16.4. The molecule has 2 fully saturated rings. The highest BCUT2D eigenvalue weighted by Crippen LogP contribution is 2.60. The largest absolute Gasteiger partial charge is 0.481 e. The molecule has 0 heterocycles. The van der Waals surface area contributed by atoms with Crippen LogP contribution in [0.1, 0.15) is 25.7 Å². The van der Waals surface area contributed by atoms with Crippen molar-refractivity contribution in [2.45, 2.75) is 25.7 Å². The van der Waals surface area contributed by atoms with Gasteiger partial charge in [-0.1, -0.05) is 5.57 Å². The van der Waals surface area contributed by atoms with E-state index >= 15 is 0 Å². The van der Waals surface area contributed by atoms with Gasteiger partial charge in [-0.2, -0.15) is 0 Å². The lowest BCUT2D eigenvalue weighted by Crippen LogP contribution is -2.25. The van der Waals surface area contributed by atoms with Crippen molar-refractivity contribution in [1.82, 2.24) is 0 Å². The lowest BCUT2D eigenvalue weighted by Gasteiger charge is -2.24. The fourth-order valence-corrected chi connectivity index (χ4v) is 4.07. The summed E-state index contributed by atoms with van der Waals surface area (Å²) in [5, 5.41) is 18.2. The van der Waals surface area contributed by atoms with Gasteiger partial charge < -0.3 is 10.2 Å². The Morgan fingerprint density at radius 1 is 1.12 bits per heavy atom. The van der Waals surface area contributed by atoms with Crippen LogP contribution >= 0.6 is 0 Å². The molecule has 0 spiro atoms. The minimum absolute atomic E-state index is 0.0300. The Balaban J connectivity index is 2.00. The molecule has 0 radical (unpaired) electrons. The zero-order chi connectivity index (χ0) is 11.4. The first kappa shape index (κ1) is 9.87. The molecule has 4 unspecified atom stereocenters. The third-order valence-corrected chi connectivity index (χ3v) is 4.63. The molecule has 4 atom stereocenters. The second kappa shape index (κ2) is 3.09. The average molecular weight is 222 g/mol. The summed E-state index contributed by atoms with van der Waals surface area (Å²) in [4.78, 5) is 22.2. The molecule has 3 aliphatic carbocycles. The highest BCUT2D eigenvalue weighted by molar-refractivity contribution is 5.89. The standard InChI is InChI=1S/C12H14O4/c13-11(14)7-2-1-6-5-3-8(10(6)7)9(4-5)12(15)16/h5-7,10H,1-4H2,(H,13,14)(H,15,16). The SMILES string of the molecule is O=C(O)C1=C2CC(C1)C1CCC(C(=O)O)C21. The van der Waals surface area contributed by atoms with E-state index in [1.165, 1.54) is 0 Å². The van der Waals surface area contributed by atoms with Crippen LogP contribution in [-0.4, -0.2) is 22.2 Å². The van der Waals surface area contributed by atoms with Gasteiger partial charge in [-0.15, -0.1) is 0 Å². The Kier molecular flexibility index (Phi) is 1.91. The van der Waals surface area contributed by atoms with E-state index in [4.69, 9.17) is 10.2 Å². The summed E-state index contributed by atoms with van der Waals surface area (Å²) in [5.74, 6) is -1.04. The average Bonchev–Trinajstić information content (AvgIpc) is 2.87. The second-order valence-electron chi connectivity index (χ2n) is 5.19. The van der Waals surface area contributed by atoms with Crippen LogP contribution in [-0.2, 0) is 9.59 Å². The van der Waals surface area contributed by atoms with Crippen molar-refractivity contribution in [2.24, 2.45) is 23.7 Å². The number of carbonyl (C=O) groups is 2. The molecule has 4 heteroatoms. The van der Waals surface area contributed by atoms with Gasteiger partial charge in [-0.3, -0.25) is 4.79 Å². The van der Waals surface area contributed by atoms with E-state index in [2.05, 4.69) is 0 Å². The summed E-state index contributed by atoms with van der Waals surface area (Å²) < 4.78 is 0. The summed E-state index contributed by atoms with van der Waals surface area (Å²) >= 11 is 0. The number of rotatable bonds is 2. The molecule has 16 heavy (non-hydrogen) atoms. The molecule has 0 aromatic carbocycles. The van der Waals surface area contributed by atoms with Gasteiger partial charge in [0.2, 0.25) is 0 Å². The zero-order valence-corrected chi connectivity index (χ0v) is 8.85. The Bertz CT molecular complexity index is 409. The summed E-state index contributed by atoms with van der Waals surface area (Å²) in [5.41, 5.74) is 1.46. The van der Waals surface area contributed by atoms with E-state index in [1.807, 2.05) is 0 Å². The Hall–Kier alpha value is -1.32. The molecule has 2 saturated carbocycles. The van der Waals surface area contributed by atoms with Crippen molar-refractivity contribution in [3.05, 3.63) is 11.1 Å². The van der Waals surface area contributed by atoms with E-state index in [0.717, 1.165) is 24.8 Å². The molecule has 0 amide bonds. The van der Waals surface area contributed by atoms with Gasteiger partial charge in [-0.05, 0) is 43.4 Å². The van der Waals surface area contributed by atoms with Crippen molar-refractivity contribution in [3.63, 3.8) is 0 Å². The number of carboxylic acid groups (broad SMARTS) is 2. The van der Waals surface area contributed by atoms with E-state index in [-0.39, 0.29) is 11.8 Å². The van der Waals surface area contributed by atoms with Crippen LogP contribution in [0.25, 0.3) is 0 Å². The van der Waals surface area contributed by atoms with Crippen LogP contribution in [0, 0.1) is 23.7 Å². The van der Waals surface area contributed by atoms with Crippen LogP contribution < -0.4 is 0 Å². The van der Waals surface area contributed by atoms with Gasteiger partial charge in [-0.25, -0.2) is 4.79 Å². The van der Waals surface area contributed by atoms with Crippen molar-refractivity contribution in [3.8, 4) is 0 Å². The molecule has 4 nitrogen and oxygen atoms in total. The minimum atomic E-state index is -0.841. The highest BCUT2D eigenvalue weighted by Gasteiger charge is 2.54. The molecule has 3 aliphatic rings. The second-order valence-corrected chi connectivity index (χ2v) is 5.19. The van der Waals surface area contributed by atoms with Gasteiger partial charge in [0.15, 0.2) is 0 Å². The molecule has 86 valence electrons. The molecule has 0 aromatic heterocycles. The lowest BCUT2D eigenvalue weighted by atomic mass is 9.79. The van der Waals surface area contributed by atoms with Crippen molar-refractivity contribution < 1.29 is 19.8 Å². The Morgan fingerprint density at radius 2 is 1.88 bits per heavy atom. The zero-order valence-electron chi connectivity index (χ0n) is 8.85.